The number of Topliss-reactive ketones (excluding diaryl/α,β-unsaturated/α-hetero) is 1. The number of hydrogen-bond donors (Lipinski definition) is 0. The smallest absolute Gasteiger partial charge is 0.144 e. The van der Waals surface area contributed by atoms with E-state index in [-0.39, 0.29) is 0 Å². The molecule has 1 saturated heterocycles. The molecule has 1 nitrogen and oxygen atoms in total. The molecule has 1 fully saturated rings. The van der Waals surface area contributed by atoms with E-state index in [2.05, 4.69) is 6.92 Å². The van der Waals surface area contributed by atoms with Crippen molar-refractivity contribution in [2.75, 3.05) is 5.75 Å². The lowest BCUT2D eigenvalue weighted by atomic mass is 10.2. The summed E-state index contributed by atoms with van der Waals surface area (Å²) in [7, 11) is 3.50. The summed E-state index contributed by atoms with van der Waals surface area (Å²) < 4.78 is 0. The van der Waals surface area contributed by atoms with Crippen LogP contribution in [0.25, 0.3) is 0 Å². The first-order valence-corrected chi connectivity index (χ1v) is 4.97. The van der Waals surface area contributed by atoms with Crippen molar-refractivity contribution in [2.45, 2.75) is 18.6 Å². The van der Waals surface area contributed by atoms with Gasteiger partial charge in [0.2, 0.25) is 0 Å². The van der Waals surface area contributed by atoms with Crippen molar-refractivity contribution in [3.63, 3.8) is 0 Å². The second-order valence-electron chi connectivity index (χ2n) is 1.91. The van der Waals surface area contributed by atoms with Crippen molar-refractivity contribution in [3.05, 3.63) is 0 Å². The molecule has 8 heavy (non-hydrogen) atoms. The minimum Gasteiger partial charge on any atom is -0.299 e. The largest absolute Gasteiger partial charge is 0.299 e. The molecule has 0 amide bonds. The molecule has 0 aliphatic carbocycles. The van der Waals surface area contributed by atoms with E-state index in [0.29, 0.717) is 11.0 Å². The molecule has 1 rings (SSSR count). The van der Waals surface area contributed by atoms with Gasteiger partial charge in [0.05, 0.1) is 5.75 Å². The summed E-state index contributed by atoms with van der Waals surface area (Å²) in [5, 5.41) is 0.543. The van der Waals surface area contributed by atoms with Crippen LogP contribution in [0.5, 0.6) is 0 Å². The van der Waals surface area contributed by atoms with Crippen molar-refractivity contribution in [3.8, 4) is 0 Å². The molecular weight excluding hydrogens is 140 g/mol. The van der Waals surface area contributed by atoms with Crippen LogP contribution in [-0.4, -0.2) is 16.8 Å². The highest BCUT2D eigenvalue weighted by atomic mass is 33.1. The summed E-state index contributed by atoms with van der Waals surface area (Å²) in [5.41, 5.74) is 0. The molecule has 46 valence electrons. The molecule has 1 aliphatic heterocycles. The van der Waals surface area contributed by atoms with Gasteiger partial charge >= 0.3 is 0 Å². The topological polar surface area (TPSA) is 17.1 Å². The summed E-state index contributed by atoms with van der Waals surface area (Å²) in [6, 6.07) is 0. The average Bonchev–Trinajstić information content (AvgIpc) is 1.64. The molecule has 1 heterocycles. The SMILES string of the molecule is CC1CC(=O)CSS1. The Hall–Kier alpha value is 0.370. The molecule has 0 aromatic carbocycles. The Bertz CT molecular complexity index is 103. The highest BCUT2D eigenvalue weighted by molar-refractivity contribution is 8.77. The van der Waals surface area contributed by atoms with E-state index >= 15 is 0 Å². The van der Waals surface area contributed by atoms with Gasteiger partial charge in [-0.25, -0.2) is 0 Å². The molecule has 0 spiro atoms. The van der Waals surface area contributed by atoms with Gasteiger partial charge in [0.15, 0.2) is 0 Å². The zero-order chi connectivity index (χ0) is 5.98. The van der Waals surface area contributed by atoms with Gasteiger partial charge in [-0.1, -0.05) is 28.5 Å². The molecule has 1 atom stereocenters. The van der Waals surface area contributed by atoms with Gasteiger partial charge in [-0.15, -0.1) is 0 Å². The van der Waals surface area contributed by atoms with Crippen LogP contribution < -0.4 is 0 Å². The lowest BCUT2D eigenvalue weighted by Gasteiger charge is -2.13. The van der Waals surface area contributed by atoms with E-state index in [4.69, 9.17) is 0 Å². The van der Waals surface area contributed by atoms with Gasteiger partial charge in [-0.05, 0) is 0 Å². The number of ketones is 1. The highest BCUT2D eigenvalue weighted by Gasteiger charge is 2.15. The first-order valence-electron chi connectivity index (χ1n) is 2.59. The third-order valence-corrected chi connectivity index (χ3v) is 3.79. The van der Waals surface area contributed by atoms with Crippen LogP contribution in [0.2, 0.25) is 0 Å². The summed E-state index contributed by atoms with van der Waals surface area (Å²) in [5.74, 6) is 1.12. The minimum atomic E-state index is 0.404. The average molecular weight is 148 g/mol. The quantitative estimate of drug-likeness (QED) is 0.487. The van der Waals surface area contributed by atoms with Crippen LogP contribution in [0, 0.1) is 0 Å². The third kappa shape index (κ3) is 1.71. The lowest BCUT2D eigenvalue weighted by molar-refractivity contribution is -0.116. The minimum absolute atomic E-state index is 0.404. The zero-order valence-corrected chi connectivity index (χ0v) is 6.35. The maximum Gasteiger partial charge on any atom is 0.144 e. The van der Waals surface area contributed by atoms with Crippen molar-refractivity contribution >= 4 is 27.4 Å². The number of carbonyl (C=O) groups is 1. The van der Waals surface area contributed by atoms with Gasteiger partial charge in [0.25, 0.3) is 0 Å². The highest BCUT2D eigenvalue weighted by Crippen LogP contribution is 2.33. The standard InChI is InChI=1S/C5H8OS2/c1-4-2-5(6)3-7-8-4/h4H,2-3H2,1H3. The van der Waals surface area contributed by atoms with Crippen LogP contribution in [0.4, 0.5) is 0 Å². The lowest BCUT2D eigenvalue weighted by Crippen LogP contribution is -2.12. The van der Waals surface area contributed by atoms with Crippen LogP contribution in [-0.2, 0) is 4.79 Å². The van der Waals surface area contributed by atoms with Crippen molar-refractivity contribution in [1.82, 2.24) is 0 Å². The Balaban J connectivity index is 2.34. The van der Waals surface area contributed by atoms with Crippen molar-refractivity contribution in [2.24, 2.45) is 0 Å². The predicted molar refractivity (Wildman–Crippen MR) is 39.1 cm³/mol. The summed E-state index contributed by atoms with van der Waals surface area (Å²) >= 11 is 0. The Kier molecular flexibility index (Phi) is 2.26. The number of rotatable bonds is 0. The monoisotopic (exact) mass is 148 g/mol. The van der Waals surface area contributed by atoms with E-state index in [1.807, 2.05) is 10.8 Å². The maximum absolute atomic E-state index is 10.6. The van der Waals surface area contributed by atoms with Crippen LogP contribution in [0.3, 0.4) is 0 Å². The molecule has 0 aromatic rings. The van der Waals surface area contributed by atoms with Gasteiger partial charge in [-0.2, -0.15) is 0 Å². The second-order valence-corrected chi connectivity index (χ2v) is 4.72. The molecule has 0 N–H and O–H groups in total. The zero-order valence-electron chi connectivity index (χ0n) is 4.72. The fourth-order valence-corrected chi connectivity index (χ4v) is 2.93. The van der Waals surface area contributed by atoms with Gasteiger partial charge in [0, 0.05) is 11.7 Å². The Morgan fingerprint density at radius 2 is 2.50 bits per heavy atom. The molecule has 0 saturated carbocycles. The Morgan fingerprint density at radius 3 is 2.88 bits per heavy atom. The molecular formula is C5H8OS2. The third-order valence-electron chi connectivity index (χ3n) is 0.967. The van der Waals surface area contributed by atoms with Crippen LogP contribution in [0.15, 0.2) is 0 Å². The normalized spacial score (nSPS) is 30.6. The van der Waals surface area contributed by atoms with Gasteiger partial charge < -0.3 is 0 Å². The fourth-order valence-electron chi connectivity index (χ4n) is 0.629. The van der Waals surface area contributed by atoms with E-state index in [9.17, 15) is 4.79 Å². The summed E-state index contributed by atoms with van der Waals surface area (Å²) in [6.07, 6.45) is 0.775. The maximum atomic E-state index is 10.6. The second kappa shape index (κ2) is 2.78. The van der Waals surface area contributed by atoms with Crippen LogP contribution in [0.1, 0.15) is 13.3 Å². The van der Waals surface area contributed by atoms with E-state index < -0.39 is 0 Å². The van der Waals surface area contributed by atoms with Crippen molar-refractivity contribution in [1.29, 1.82) is 0 Å². The summed E-state index contributed by atoms with van der Waals surface area (Å²) in [6.45, 7) is 2.09. The van der Waals surface area contributed by atoms with Gasteiger partial charge in [-0.3, -0.25) is 4.79 Å². The fraction of sp³-hybridized carbons (Fsp3) is 0.800. The summed E-state index contributed by atoms with van der Waals surface area (Å²) in [4.78, 5) is 10.6. The molecule has 0 bridgehead atoms. The van der Waals surface area contributed by atoms with E-state index in [1.54, 1.807) is 10.8 Å². The van der Waals surface area contributed by atoms with E-state index in [1.165, 1.54) is 0 Å². The predicted octanol–water partition coefficient (Wildman–Crippen LogP) is 1.73. The molecule has 0 radical (unpaired) electrons. The molecule has 1 aliphatic rings. The first kappa shape index (κ1) is 6.49. The molecule has 3 heteroatoms. The van der Waals surface area contributed by atoms with Gasteiger partial charge in [0.1, 0.15) is 5.78 Å². The van der Waals surface area contributed by atoms with Crippen LogP contribution >= 0.6 is 21.6 Å². The Labute approximate surface area is 57.0 Å². The molecule has 1 unspecified atom stereocenters. The number of carbonyl (C=O) groups excluding carboxylic acids is 1. The first-order chi connectivity index (χ1) is 3.79. The number of hydrogen-bond acceptors (Lipinski definition) is 3. The van der Waals surface area contributed by atoms with Crippen molar-refractivity contribution < 1.29 is 4.79 Å². The van der Waals surface area contributed by atoms with E-state index in [0.717, 1.165) is 12.2 Å². The molecule has 0 aromatic heterocycles. The Morgan fingerprint density at radius 1 is 1.75 bits per heavy atom.